The molecule has 2 aliphatic carbocycles. The van der Waals surface area contributed by atoms with Crippen molar-refractivity contribution in [2.45, 2.75) is 67.7 Å². The minimum absolute atomic E-state index is 0. The van der Waals surface area contributed by atoms with E-state index in [1.165, 1.54) is 78.4 Å². The molecule has 0 saturated heterocycles. The van der Waals surface area contributed by atoms with Crippen molar-refractivity contribution in [3.05, 3.63) is 118 Å². The van der Waals surface area contributed by atoms with E-state index in [1.54, 1.807) is 0 Å². The van der Waals surface area contributed by atoms with Gasteiger partial charge in [-0.15, -0.1) is 5.56 Å². The van der Waals surface area contributed by atoms with E-state index in [0.29, 0.717) is 11.3 Å². The largest absolute Gasteiger partial charge is 1.00 e. The topological polar surface area (TPSA) is 0 Å². The van der Waals surface area contributed by atoms with E-state index in [0.717, 1.165) is 12.8 Å². The van der Waals surface area contributed by atoms with E-state index in [1.807, 2.05) is 6.07 Å². The second kappa shape index (κ2) is 15.9. The molecule has 3 aromatic rings. The Labute approximate surface area is 259 Å². The molecule has 0 radical (unpaired) electrons. The Morgan fingerprint density at radius 1 is 0.921 bits per heavy atom. The van der Waals surface area contributed by atoms with Gasteiger partial charge in [-0.05, 0) is 6.42 Å². The second-order valence-electron chi connectivity index (χ2n) is 10.7. The van der Waals surface area contributed by atoms with Crippen LogP contribution >= 0.6 is 0 Å². The number of hydrogen-bond acceptors (Lipinski definition) is 0. The summed E-state index contributed by atoms with van der Waals surface area (Å²) in [5, 5.41) is 0. The standard InChI is InChI=1S/C13H9.C13H21.C9H10.2ClH.Zr/c1-3-7-12-10(5-1)9-11-6-2-4-8-13(11)12;1-6-10-8-11(7-2)12(9-10)13(3,4)5;1-3-9-6-4-8(2)5-7-9;;;/h1-5,7-8H,9H2;9-10H,6-7H2,1-5H3;4-7H,1-2H3;2*1H;/q2*-1;;;;+2/p-2. The van der Waals surface area contributed by atoms with Crippen LogP contribution in [0.3, 0.4) is 0 Å². The van der Waals surface area contributed by atoms with Gasteiger partial charge in [-0.2, -0.15) is 41.5 Å². The molecule has 0 bridgehead atoms. The summed E-state index contributed by atoms with van der Waals surface area (Å²) in [5.41, 5.74) is 11.5. The third-order valence-corrected chi connectivity index (χ3v) is 7.46. The molecule has 0 aromatic heterocycles. The van der Waals surface area contributed by atoms with Crippen molar-refractivity contribution in [3.8, 4) is 11.1 Å². The van der Waals surface area contributed by atoms with E-state index < -0.39 is 0 Å². The van der Waals surface area contributed by atoms with Gasteiger partial charge in [0.15, 0.2) is 0 Å². The maximum atomic E-state index is 3.57. The molecule has 3 aromatic carbocycles. The van der Waals surface area contributed by atoms with Gasteiger partial charge in [-0.3, -0.25) is 6.08 Å². The van der Waals surface area contributed by atoms with E-state index >= 15 is 0 Å². The summed E-state index contributed by atoms with van der Waals surface area (Å²) in [6.45, 7) is 15.6. The first-order valence-electron chi connectivity index (χ1n) is 13.2. The maximum absolute atomic E-state index is 3.57. The van der Waals surface area contributed by atoms with Crippen molar-refractivity contribution in [3.63, 3.8) is 0 Å². The Balaban J connectivity index is 0.000000281. The molecule has 3 heteroatoms. The third kappa shape index (κ3) is 9.29. The van der Waals surface area contributed by atoms with Crippen molar-refractivity contribution in [2.24, 2.45) is 11.3 Å². The van der Waals surface area contributed by atoms with E-state index in [2.05, 4.69) is 127 Å². The number of fused-ring (bicyclic) bond motifs is 3. The van der Waals surface area contributed by atoms with Gasteiger partial charge >= 0.3 is 76.7 Å². The second-order valence-corrected chi connectivity index (χ2v) is 12.6. The molecule has 0 saturated carbocycles. The molecule has 0 heterocycles. The van der Waals surface area contributed by atoms with Crippen LogP contribution in [0, 0.1) is 30.4 Å². The molecule has 1 atom stereocenters. The Morgan fingerprint density at radius 3 is 2.11 bits per heavy atom. The summed E-state index contributed by atoms with van der Waals surface area (Å²) >= 11 is 1.51. The number of halogens is 2. The zero-order valence-electron chi connectivity index (χ0n) is 23.9. The molecule has 2 aliphatic rings. The molecule has 200 valence electrons. The first kappa shape index (κ1) is 34.5. The molecule has 0 spiro atoms. The number of hydrogen-bond donors (Lipinski definition) is 0. The maximum Gasteiger partial charge on any atom is -0.0253 e. The van der Waals surface area contributed by atoms with Crippen LogP contribution in [-0.2, 0) is 30.7 Å². The fourth-order valence-electron chi connectivity index (χ4n) is 4.66. The van der Waals surface area contributed by atoms with Crippen LogP contribution in [0.2, 0.25) is 0 Å². The summed E-state index contributed by atoms with van der Waals surface area (Å²) in [6.07, 6.45) is 9.33. The van der Waals surface area contributed by atoms with Crippen LogP contribution in [0.1, 0.15) is 76.6 Å². The normalized spacial score (nSPS) is 14.6. The molecule has 5 rings (SSSR count). The Morgan fingerprint density at radius 2 is 1.55 bits per heavy atom. The van der Waals surface area contributed by atoms with Crippen molar-refractivity contribution in [1.82, 2.24) is 0 Å². The summed E-state index contributed by atoms with van der Waals surface area (Å²) in [6, 6.07) is 26.8. The van der Waals surface area contributed by atoms with Crippen molar-refractivity contribution < 1.29 is 49.0 Å². The van der Waals surface area contributed by atoms with Crippen LogP contribution < -0.4 is 24.8 Å². The molecule has 0 N–H and O–H groups in total. The van der Waals surface area contributed by atoms with Crippen LogP contribution in [0.4, 0.5) is 0 Å². The fraction of sp³-hybridized carbons (Fsp3) is 0.343. The molecular formula is C35H40Cl2Zr-2. The van der Waals surface area contributed by atoms with Crippen LogP contribution in [-0.4, -0.2) is 3.21 Å². The van der Waals surface area contributed by atoms with E-state index in [9.17, 15) is 0 Å². The minimum Gasteiger partial charge on any atom is -1.00 e. The van der Waals surface area contributed by atoms with Gasteiger partial charge in [0.2, 0.25) is 0 Å². The average Bonchev–Trinajstić information content (AvgIpc) is 3.47. The van der Waals surface area contributed by atoms with Gasteiger partial charge in [0.05, 0.1) is 0 Å². The van der Waals surface area contributed by atoms with Gasteiger partial charge in [-0.1, -0.05) is 94.2 Å². The van der Waals surface area contributed by atoms with Crippen LogP contribution in [0.5, 0.6) is 0 Å². The summed E-state index contributed by atoms with van der Waals surface area (Å²) < 4.78 is 1.46. The monoisotopic (exact) mass is 620 g/mol. The molecule has 1 unspecified atom stereocenters. The van der Waals surface area contributed by atoms with Crippen molar-refractivity contribution >= 4 is 3.21 Å². The first-order chi connectivity index (χ1) is 17.1. The molecule has 0 fully saturated rings. The van der Waals surface area contributed by atoms with Gasteiger partial charge in [-0.25, -0.2) is 5.57 Å². The van der Waals surface area contributed by atoms with E-state index in [-0.39, 0.29) is 24.8 Å². The number of benzene rings is 3. The Hall–Kier alpha value is -1.53. The first-order valence-corrected chi connectivity index (χ1v) is 14.4. The molecule has 38 heavy (non-hydrogen) atoms. The summed E-state index contributed by atoms with van der Waals surface area (Å²) in [4.78, 5) is 0. The summed E-state index contributed by atoms with van der Waals surface area (Å²) in [7, 11) is 0. The number of rotatable bonds is 3. The van der Waals surface area contributed by atoms with Crippen molar-refractivity contribution in [2.75, 3.05) is 0 Å². The average molecular weight is 623 g/mol. The van der Waals surface area contributed by atoms with Gasteiger partial charge in [0.1, 0.15) is 0 Å². The predicted molar refractivity (Wildman–Crippen MR) is 153 cm³/mol. The molecule has 0 aliphatic heterocycles. The van der Waals surface area contributed by atoms with E-state index in [4.69, 9.17) is 0 Å². The fourth-order valence-corrected chi connectivity index (χ4v) is 5.07. The summed E-state index contributed by atoms with van der Waals surface area (Å²) in [5.74, 6) is 0.573. The van der Waals surface area contributed by atoms with Gasteiger partial charge in [0, 0.05) is 0 Å². The molecular weight excluding hydrogens is 583 g/mol. The predicted octanol–water partition coefficient (Wildman–Crippen LogP) is 3.29. The van der Waals surface area contributed by atoms with Crippen LogP contribution in [0.25, 0.3) is 11.1 Å². The van der Waals surface area contributed by atoms with Gasteiger partial charge in [0.25, 0.3) is 0 Å². The SMILES string of the molecule is CCC1=[C-]C(CC)C=C1C(C)(C)C.C[C](=[Zr+2])c1ccc(C)cc1.[Cl-].[Cl-].[c-]1cccc2c1Cc1ccccc1-2. The third-order valence-electron chi connectivity index (χ3n) is 6.76. The zero-order valence-corrected chi connectivity index (χ0v) is 27.9. The zero-order chi connectivity index (χ0) is 26.3. The van der Waals surface area contributed by atoms with Gasteiger partial charge < -0.3 is 24.8 Å². The number of allylic oxidation sites excluding steroid dienone is 4. The molecule has 0 nitrogen and oxygen atoms in total. The van der Waals surface area contributed by atoms with Crippen LogP contribution in [0.15, 0.2) is 84.0 Å². The Kier molecular flexibility index (Phi) is 14.4. The smallest absolute Gasteiger partial charge is 0.0253 e. The minimum atomic E-state index is 0. The Bertz CT molecular complexity index is 1200. The molecule has 0 amide bonds. The number of aryl methyl sites for hydroxylation is 1. The quantitative estimate of drug-likeness (QED) is 0.308. The van der Waals surface area contributed by atoms with Crippen molar-refractivity contribution in [1.29, 1.82) is 0 Å².